The van der Waals surface area contributed by atoms with Gasteiger partial charge in [0.2, 0.25) is 5.91 Å². The number of anilines is 1. The number of hydrogen-bond donors (Lipinski definition) is 2. The van der Waals surface area contributed by atoms with Crippen LogP contribution in [0.25, 0.3) is 0 Å². The molecule has 0 aromatic heterocycles. The molecule has 0 heterocycles. The first kappa shape index (κ1) is 22.2. The second kappa shape index (κ2) is 9.94. The normalized spacial score (nSPS) is 15.9. The van der Waals surface area contributed by atoms with Crippen molar-refractivity contribution in [2.45, 2.75) is 38.1 Å². The Hall–Kier alpha value is -2.05. The number of hydrogen-bond acceptors (Lipinski definition) is 4. The lowest BCUT2D eigenvalue weighted by Crippen LogP contribution is -2.35. The molecule has 2 aromatic rings. The van der Waals surface area contributed by atoms with Gasteiger partial charge in [-0.3, -0.25) is 4.79 Å². The van der Waals surface area contributed by atoms with Crippen molar-refractivity contribution in [3.8, 4) is 0 Å². The SMILES string of the molecule is Cl.Nc1ccc2c(c1)CCCC2NC(=O)CS(=O)(=O)CCCc1ccccc1. The summed E-state index contributed by atoms with van der Waals surface area (Å²) in [4.78, 5) is 12.3. The molecule has 3 rings (SSSR count). The first-order valence-electron chi connectivity index (χ1n) is 9.35. The fourth-order valence-electron chi connectivity index (χ4n) is 3.63. The lowest BCUT2D eigenvalue weighted by molar-refractivity contribution is -0.119. The number of carbonyl (C=O) groups is 1. The number of nitrogens with one attached hydrogen (secondary N) is 1. The molecule has 28 heavy (non-hydrogen) atoms. The molecule has 5 nitrogen and oxygen atoms in total. The molecule has 1 amide bonds. The first-order valence-corrected chi connectivity index (χ1v) is 11.2. The minimum Gasteiger partial charge on any atom is -0.399 e. The number of carbonyl (C=O) groups excluding carboxylic acids is 1. The van der Waals surface area contributed by atoms with Gasteiger partial charge in [-0.15, -0.1) is 12.4 Å². The Morgan fingerprint density at radius 1 is 1.14 bits per heavy atom. The highest BCUT2D eigenvalue weighted by Gasteiger charge is 2.24. The van der Waals surface area contributed by atoms with Gasteiger partial charge in [0.1, 0.15) is 5.75 Å². The molecule has 3 N–H and O–H groups in total. The van der Waals surface area contributed by atoms with E-state index >= 15 is 0 Å². The van der Waals surface area contributed by atoms with E-state index in [1.54, 1.807) is 0 Å². The van der Waals surface area contributed by atoms with Crippen molar-refractivity contribution >= 4 is 33.8 Å². The Kier molecular flexibility index (Phi) is 7.89. The highest BCUT2D eigenvalue weighted by molar-refractivity contribution is 7.92. The van der Waals surface area contributed by atoms with Crippen molar-refractivity contribution in [3.05, 3.63) is 65.2 Å². The minimum absolute atomic E-state index is 0. The van der Waals surface area contributed by atoms with Crippen LogP contribution in [0.1, 0.15) is 42.0 Å². The zero-order valence-electron chi connectivity index (χ0n) is 15.8. The van der Waals surface area contributed by atoms with Gasteiger partial charge in [-0.05, 0) is 60.9 Å². The highest BCUT2D eigenvalue weighted by Crippen LogP contribution is 2.30. The molecule has 1 aliphatic rings. The molecule has 1 aliphatic carbocycles. The predicted octanol–water partition coefficient (Wildman–Crippen LogP) is 3.23. The maximum absolute atomic E-state index is 12.3. The molecule has 0 saturated heterocycles. The van der Waals surface area contributed by atoms with Gasteiger partial charge < -0.3 is 11.1 Å². The number of sulfone groups is 1. The molecule has 1 unspecified atom stereocenters. The van der Waals surface area contributed by atoms with E-state index in [-0.39, 0.29) is 24.2 Å². The number of aryl methyl sites for hydroxylation is 2. The first-order chi connectivity index (χ1) is 12.9. The van der Waals surface area contributed by atoms with E-state index < -0.39 is 21.5 Å². The standard InChI is InChI=1S/C21H26N2O3S.ClH/c22-18-11-12-19-17(14-18)9-4-10-20(19)23-21(24)15-27(25,26)13-5-8-16-6-2-1-3-7-16;/h1-3,6-7,11-12,14,20H,4-5,8-10,13,15,22H2,(H,23,24);1H. The fourth-order valence-corrected chi connectivity index (χ4v) is 4.84. The number of rotatable bonds is 7. The Labute approximate surface area is 173 Å². The average molecular weight is 423 g/mol. The molecule has 152 valence electrons. The lowest BCUT2D eigenvalue weighted by Gasteiger charge is -2.26. The van der Waals surface area contributed by atoms with Crippen molar-refractivity contribution < 1.29 is 13.2 Å². The summed E-state index contributed by atoms with van der Waals surface area (Å²) >= 11 is 0. The Morgan fingerprint density at radius 3 is 2.64 bits per heavy atom. The van der Waals surface area contributed by atoms with Crippen LogP contribution >= 0.6 is 12.4 Å². The summed E-state index contributed by atoms with van der Waals surface area (Å²) in [7, 11) is -3.42. The zero-order valence-corrected chi connectivity index (χ0v) is 17.4. The molecule has 0 fully saturated rings. The Balaban J connectivity index is 0.00000280. The number of halogens is 1. The monoisotopic (exact) mass is 422 g/mol. The maximum atomic E-state index is 12.3. The number of fused-ring (bicyclic) bond motifs is 1. The summed E-state index contributed by atoms with van der Waals surface area (Å²) in [5.41, 5.74) is 9.83. The Bertz CT molecular complexity index is 901. The van der Waals surface area contributed by atoms with E-state index in [1.165, 1.54) is 0 Å². The maximum Gasteiger partial charge on any atom is 0.235 e. The summed E-state index contributed by atoms with van der Waals surface area (Å²) in [6, 6.07) is 15.3. The zero-order chi connectivity index (χ0) is 19.3. The van der Waals surface area contributed by atoms with Crippen LogP contribution in [0, 0.1) is 0 Å². The van der Waals surface area contributed by atoms with Crippen LogP contribution < -0.4 is 11.1 Å². The van der Waals surface area contributed by atoms with E-state index in [0.717, 1.165) is 36.0 Å². The predicted molar refractivity (Wildman–Crippen MR) is 115 cm³/mol. The summed E-state index contributed by atoms with van der Waals surface area (Å²) in [5, 5.41) is 2.90. The summed E-state index contributed by atoms with van der Waals surface area (Å²) in [6.45, 7) is 0. The van der Waals surface area contributed by atoms with Crippen molar-refractivity contribution in [2.24, 2.45) is 0 Å². The van der Waals surface area contributed by atoms with Crippen LogP contribution in [0.4, 0.5) is 5.69 Å². The molecule has 0 bridgehead atoms. The van der Waals surface area contributed by atoms with Gasteiger partial charge >= 0.3 is 0 Å². The Morgan fingerprint density at radius 2 is 1.89 bits per heavy atom. The number of nitrogen functional groups attached to an aromatic ring is 1. The third-order valence-corrected chi connectivity index (χ3v) is 6.54. The van der Waals surface area contributed by atoms with Crippen molar-refractivity contribution in [3.63, 3.8) is 0 Å². The fraction of sp³-hybridized carbons (Fsp3) is 0.381. The minimum atomic E-state index is -3.42. The van der Waals surface area contributed by atoms with Gasteiger partial charge in [0, 0.05) is 5.69 Å². The van der Waals surface area contributed by atoms with Gasteiger partial charge in [0.15, 0.2) is 9.84 Å². The molecule has 0 spiro atoms. The molecule has 0 radical (unpaired) electrons. The molecule has 0 aliphatic heterocycles. The smallest absolute Gasteiger partial charge is 0.235 e. The van der Waals surface area contributed by atoms with Gasteiger partial charge in [-0.2, -0.15) is 0 Å². The molecule has 7 heteroatoms. The summed E-state index contributed by atoms with van der Waals surface area (Å²) < 4.78 is 24.6. The highest BCUT2D eigenvalue weighted by atomic mass is 35.5. The second-order valence-corrected chi connectivity index (χ2v) is 9.34. The average Bonchev–Trinajstić information content (AvgIpc) is 2.62. The quantitative estimate of drug-likeness (QED) is 0.670. The molecular weight excluding hydrogens is 396 g/mol. The van der Waals surface area contributed by atoms with E-state index in [0.29, 0.717) is 18.5 Å². The molecule has 1 atom stereocenters. The largest absolute Gasteiger partial charge is 0.399 e. The number of nitrogens with two attached hydrogens (primary N) is 1. The van der Waals surface area contributed by atoms with Gasteiger partial charge in [-0.25, -0.2) is 8.42 Å². The van der Waals surface area contributed by atoms with E-state index in [4.69, 9.17) is 5.73 Å². The topological polar surface area (TPSA) is 89.3 Å². The third-order valence-electron chi connectivity index (χ3n) is 4.93. The third kappa shape index (κ3) is 6.24. The number of benzene rings is 2. The van der Waals surface area contributed by atoms with Crippen LogP contribution in [-0.4, -0.2) is 25.8 Å². The van der Waals surface area contributed by atoms with Crippen LogP contribution in [0.5, 0.6) is 0 Å². The van der Waals surface area contributed by atoms with Crippen molar-refractivity contribution in [1.82, 2.24) is 5.32 Å². The molecular formula is C21H27ClN2O3S. The molecule has 2 aromatic carbocycles. The van der Waals surface area contributed by atoms with Crippen LogP contribution in [0.2, 0.25) is 0 Å². The number of amides is 1. The van der Waals surface area contributed by atoms with E-state index in [2.05, 4.69) is 5.32 Å². The van der Waals surface area contributed by atoms with Gasteiger partial charge in [-0.1, -0.05) is 36.4 Å². The van der Waals surface area contributed by atoms with Crippen LogP contribution in [0.15, 0.2) is 48.5 Å². The second-order valence-electron chi connectivity index (χ2n) is 7.15. The van der Waals surface area contributed by atoms with Crippen LogP contribution in [0.3, 0.4) is 0 Å². The van der Waals surface area contributed by atoms with E-state index in [1.807, 2.05) is 48.5 Å². The lowest BCUT2D eigenvalue weighted by atomic mass is 9.87. The van der Waals surface area contributed by atoms with Crippen molar-refractivity contribution in [1.29, 1.82) is 0 Å². The van der Waals surface area contributed by atoms with Gasteiger partial charge in [0.25, 0.3) is 0 Å². The van der Waals surface area contributed by atoms with Crippen LogP contribution in [-0.2, 0) is 27.5 Å². The molecule has 0 saturated carbocycles. The summed E-state index contributed by atoms with van der Waals surface area (Å²) in [6.07, 6.45) is 3.91. The van der Waals surface area contributed by atoms with E-state index in [9.17, 15) is 13.2 Å². The summed E-state index contributed by atoms with van der Waals surface area (Å²) in [5.74, 6) is -0.861. The van der Waals surface area contributed by atoms with Gasteiger partial charge in [0.05, 0.1) is 11.8 Å². The van der Waals surface area contributed by atoms with Crippen molar-refractivity contribution in [2.75, 3.05) is 17.2 Å².